The van der Waals surface area contributed by atoms with Crippen molar-refractivity contribution in [3.05, 3.63) is 0 Å². The number of amides is 2. The highest BCUT2D eigenvalue weighted by molar-refractivity contribution is 7.91. The molecular weight excluding hydrogens is 296 g/mol. The summed E-state index contributed by atoms with van der Waals surface area (Å²) < 4.78 is 23.4. The Balaban J connectivity index is 2.11. The largest absolute Gasteiger partial charge is 0.481 e. The molecule has 2 aliphatic rings. The second-order valence-corrected chi connectivity index (χ2v) is 8.26. The van der Waals surface area contributed by atoms with E-state index in [1.807, 2.05) is 0 Å². The monoisotopic (exact) mass is 318 g/mol. The summed E-state index contributed by atoms with van der Waals surface area (Å²) in [5, 5.41) is 8.94. The van der Waals surface area contributed by atoms with E-state index in [2.05, 4.69) is 6.92 Å². The van der Waals surface area contributed by atoms with Crippen LogP contribution < -0.4 is 0 Å². The van der Waals surface area contributed by atoms with Gasteiger partial charge < -0.3 is 14.9 Å². The molecule has 0 bridgehead atoms. The molecule has 0 aromatic rings. The molecule has 0 aliphatic carbocycles. The van der Waals surface area contributed by atoms with Crippen LogP contribution in [0.15, 0.2) is 0 Å². The minimum absolute atomic E-state index is 0.0851. The number of carboxylic acids is 1. The molecule has 2 saturated heterocycles. The SMILES string of the molecule is CC1CCCN(C(=O)N2CCS(=O)(=O)CC2CC(=O)O)C1. The van der Waals surface area contributed by atoms with E-state index >= 15 is 0 Å². The number of urea groups is 1. The first kappa shape index (κ1) is 16.1. The van der Waals surface area contributed by atoms with Crippen molar-refractivity contribution in [2.45, 2.75) is 32.2 Å². The molecule has 0 saturated carbocycles. The van der Waals surface area contributed by atoms with Crippen LogP contribution in [0.4, 0.5) is 4.79 Å². The normalized spacial score (nSPS) is 29.2. The van der Waals surface area contributed by atoms with Crippen molar-refractivity contribution in [1.29, 1.82) is 0 Å². The Hall–Kier alpha value is -1.31. The third kappa shape index (κ3) is 4.09. The highest BCUT2D eigenvalue weighted by Gasteiger charge is 2.37. The van der Waals surface area contributed by atoms with Gasteiger partial charge in [0.05, 0.1) is 24.0 Å². The number of hydrogen-bond donors (Lipinski definition) is 1. The Morgan fingerprint density at radius 2 is 2.00 bits per heavy atom. The maximum absolute atomic E-state index is 12.6. The number of carbonyl (C=O) groups excluding carboxylic acids is 1. The molecule has 120 valence electrons. The van der Waals surface area contributed by atoms with Gasteiger partial charge in [0.25, 0.3) is 0 Å². The Morgan fingerprint density at radius 3 is 2.62 bits per heavy atom. The molecule has 7 nitrogen and oxygen atoms in total. The van der Waals surface area contributed by atoms with Crippen molar-refractivity contribution in [2.24, 2.45) is 5.92 Å². The molecule has 0 radical (unpaired) electrons. The Bertz CT molecular complexity index is 519. The van der Waals surface area contributed by atoms with E-state index in [4.69, 9.17) is 5.11 Å². The average molecular weight is 318 g/mol. The first-order chi connectivity index (χ1) is 9.78. The summed E-state index contributed by atoms with van der Waals surface area (Å²) in [7, 11) is -3.26. The van der Waals surface area contributed by atoms with Crippen LogP contribution in [0.5, 0.6) is 0 Å². The molecule has 8 heteroatoms. The van der Waals surface area contributed by atoms with E-state index in [1.165, 1.54) is 4.90 Å². The fourth-order valence-corrected chi connectivity index (χ4v) is 4.58. The summed E-state index contributed by atoms with van der Waals surface area (Å²) in [6.07, 6.45) is 1.69. The zero-order valence-corrected chi connectivity index (χ0v) is 13.0. The summed E-state index contributed by atoms with van der Waals surface area (Å²) in [5.74, 6) is -0.997. The predicted molar refractivity (Wildman–Crippen MR) is 76.8 cm³/mol. The number of rotatable bonds is 2. The number of aliphatic carboxylic acids is 1. The molecule has 0 spiro atoms. The van der Waals surface area contributed by atoms with E-state index in [9.17, 15) is 18.0 Å². The second-order valence-electron chi connectivity index (χ2n) is 6.04. The van der Waals surface area contributed by atoms with Gasteiger partial charge in [0.15, 0.2) is 9.84 Å². The van der Waals surface area contributed by atoms with Crippen LogP contribution in [0.25, 0.3) is 0 Å². The van der Waals surface area contributed by atoms with Gasteiger partial charge in [-0.05, 0) is 18.8 Å². The number of sulfone groups is 1. The van der Waals surface area contributed by atoms with Gasteiger partial charge in [-0.25, -0.2) is 13.2 Å². The third-order valence-electron chi connectivity index (χ3n) is 4.11. The lowest BCUT2D eigenvalue weighted by Crippen LogP contribution is -2.57. The van der Waals surface area contributed by atoms with Crippen LogP contribution >= 0.6 is 0 Å². The van der Waals surface area contributed by atoms with E-state index in [1.54, 1.807) is 4.90 Å². The molecule has 2 heterocycles. The summed E-state index contributed by atoms with van der Waals surface area (Å²) in [5.41, 5.74) is 0. The van der Waals surface area contributed by atoms with Crippen LogP contribution in [-0.4, -0.2) is 72.5 Å². The van der Waals surface area contributed by atoms with Gasteiger partial charge in [-0.3, -0.25) is 4.79 Å². The lowest BCUT2D eigenvalue weighted by atomic mass is 10.0. The average Bonchev–Trinajstić information content (AvgIpc) is 2.36. The summed E-state index contributed by atoms with van der Waals surface area (Å²) in [4.78, 5) is 26.7. The molecule has 21 heavy (non-hydrogen) atoms. The summed E-state index contributed by atoms with van der Waals surface area (Å²) in [6, 6.07) is -0.978. The van der Waals surface area contributed by atoms with Crippen molar-refractivity contribution >= 4 is 21.8 Å². The molecule has 2 fully saturated rings. The maximum Gasteiger partial charge on any atom is 0.320 e. The summed E-state index contributed by atoms with van der Waals surface area (Å²) >= 11 is 0. The van der Waals surface area contributed by atoms with Crippen LogP contribution in [0.2, 0.25) is 0 Å². The molecule has 2 aliphatic heterocycles. The quantitative estimate of drug-likeness (QED) is 0.796. The predicted octanol–water partition coefficient (Wildman–Crippen LogP) is 0.412. The zero-order valence-electron chi connectivity index (χ0n) is 12.2. The zero-order chi connectivity index (χ0) is 15.6. The van der Waals surface area contributed by atoms with Crippen LogP contribution in [-0.2, 0) is 14.6 Å². The Morgan fingerprint density at radius 1 is 1.29 bits per heavy atom. The van der Waals surface area contributed by atoms with E-state index < -0.39 is 21.8 Å². The van der Waals surface area contributed by atoms with Gasteiger partial charge in [-0.2, -0.15) is 0 Å². The third-order valence-corrected chi connectivity index (χ3v) is 5.81. The number of piperidine rings is 1. The standard InChI is InChI=1S/C13H22N2O5S/c1-10-3-2-4-14(8-10)13(18)15-5-6-21(19,20)9-11(15)7-12(16)17/h10-11H,2-9H2,1H3,(H,16,17). The van der Waals surface area contributed by atoms with Gasteiger partial charge in [-0.15, -0.1) is 0 Å². The number of carboxylic acid groups (broad SMARTS) is 1. The second kappa shape index (κ2) is 6.21. The first-order valence-electron chi connectivity index (χ1n) is 7.26. The number of hydrogen-bond acceptors (Lipinski definition) is 4. The van der Waals surface area contributed by atoms with Crippen molar-refractivity contribution in [3.63, 3.8) is 0 Å². The molecule has 2 atom stereocenters. The molecule has 0 aromatic carbocycles. The molecular formula is C13H22N2O5S. The molecule has 2 unspecified atom stereocenters. The highest BCUT2D eigenvalue weighted by atomic mass is 32.2. The molecule has 0 aromatic heterocycles. The van der Waals surface area contributed by atoms with E-state index in [0.29, 0.717) is 19.0 Å². The van der Waals surface area contributed by atoms with Gasteiger partial charge in [0, 0.05) is 19.6 Å². The molecule has 2 amide bonds. The smallest absolute Gasteiger partial charge is 0.320 e. The highest BCUT2D eigenvalue weighted by Crippen LogP contribution is 2.21. The van der Waals surface area contributed by atoms with Crippen LogP contribution in [0, 0.1) is 5.92 Å². The minimum Gasteiger partial charge on any atom is -0.481 e. The Kier molecular flexibility index (Phi) is 4.75. The fraction of sp³-hybridized carbons (Fsp3) is 0.846. The summed E-state index contributed by atoms with van der Waals surface area (Å²) in [6.45, 7) is 3.48. The lowest BCUT2D eigenvalue weighted by Gasteiger charge is -2.40. The van der Waals surface area contributed by atoms with Crippen molar-refractivity contribution in [2.75, 3.05) is 31.1 Å². The Labute approximate surface area is 124 Å². The number of nitrogens with zero attached hydrogens (tertiary/aromatic N) is 2. The van der Waals surface area contributed by atoms with E-state index in [-0.39, 0.29) is 30.5 Å². The molecule has 1 N–H and O–H groups in total. The minimum atomic E-state index is -3.26. The number of likely N-dealkylation sites (tertiary alicyclic amines) is 1. The lowest BCUT2D eigenvalue weighted by molar-refractivity contribution is -0.138. The topological polar surface area (TPSA) is 95.0 Å². The van der Waals surface area contributed by atoms with Gasteiger partial charge in [0.2, 0.25) is 0 Å². The number of carbonyl (C=O) groups is 2. The van der Waals surface area contributed by atoms with Crippen molar-refractivity contribution in [3.8, 4) is 0 Å². The van der Waals surface area contributed by atoms with Gasteiger partial charge >= 0.3 is 12.0 Å². The van der Waals surface area contributed by atoms with E-state index in [0.717, 1.165) is 12.8 Å². The first-order valence-corrected chi connectivity index (χ1v) is 9.08. The van der Waals surface area contributed by atoms with Crippen LogP contribution in [0.3, 0.4) is 0 Å². The van der Waals surface area contributed by atoms with Gasteiger partial charge in [-0.1, -0.05) is 6.92 Å². The van der Waals surface area contributed by atoms with Crippen molar-refractivity contribution < 1.29 is 23.1 Å². The molecule has 2 rings (SSSR count). The van der Waals surface area contributed by atoms with Crippen LogP contribution in [0.1, 0.15) is 26.2 Å². The fourth-order valence-electron chi connectivity index (χ4n) is 3.05. The maximum atomic E-state index is 12.6. The van der Waals surface area contributed by atoms with Crippen molar-refractivity contribution in [1.82, 2.24) is 9.80 Å². The van der Waals surface area contributed by atoms with Gasteiger partial charge in [0.1, 0.15) is 0 Å².